The van der Waals surface area contributed by atoms with Gasteiger partial charge in [0.2, 0.25) is 5.92 Å². The number of hydrogen-bond acceptors (Lipinski definition) is 1. The number of benzene rings is 1. The van der Waals surface area contributed by atoms with Crippen LogP contribution < -0.4 is 5.32 Å². The maximum Gasteiger partial charge on any atom is 0.248 e. The number of anilines is 1. The molecule has 1 fully saturated rings. The van der Waals surface area contributed by atoms with Crippen molar-refractivity contribution < 1.29 is 13.2 Å². The van der Waals surface area contributed by atoms with Crippen LogP contribution in [0.3, 0.4) is 0 Å². The van der Waals surface area contributed by atoms with Crippen molar-refractivity contribution in [1.82, 2.24) is 0 Å². The largest absolute Gasteiger partial charge is 0.384 e. The molecule has 1 atom stereocenters. The Bertz CT molecular complexity index is 418. The molecule has 1 aromatic rings. The molecule has 0 saturated heterocycles. The quantitative estimate of drug-likeness (QED) is 0.847. The van der Waals surface area contributed by atoms with E-state index >= 15 is 0 Å². The van der Waals surface area contributed by atoms with E-state index < -0.39 is 5.92 Å². The van der Waals surface area contributed by atoms with E-state index in [0.29, 0.717) is 18.7 Å². The maximum absolute atomic E-state index is 13.2. The lowest BCUT2D eigenvalue weighted by Crippen LogP contribution is -2.29. The highest BCUT2D eigenvalue weighted by atomic mass is 19.3. The van der Waals surface area contributed by atoms with Gasteiger partial charge in [-0.1, -0.05) is 6.07 Å². The Morgan fingerprint density at radius 2 is 2.17 bits per heavy atom. The maximum atomic E-state index is 13.2. The fourth-order valence-electron chi connectivity index (χ4n) is 2.49. The van der Waals surface area contributed by atoms with E-state index in [1.165, 1.54) is 12.1 Å². The summed E-state index contributed by atoms with van der Waals surface area (Å²) in [7, 11) is 0. The molecule has 0 aromatic heterocycles. The van der Waals surface area contributed by atoms with E-state index in [1.807, 2.05) is 6.92 Å². The van der Waals surface area contributed by atoms with Gasteiger partial charge >= 0.3 is 0 Å². The molecule has 1 N–H and O–H groups in total. The second kappa shape index (κ2) is 5.21. The number of rotatable bonds is 3. The van der Waals surface area contributed by atoms with Gasteiger partial charge in [-0.15, -0.1) is 0 Å². The highest BCUT2D eigenvalue weighted by Crippen LogP contribution is 2.36. The molecule has 0 amide bonds. The van der Waals surface area contributed by atoms with Gasteiger partial charge in [0, 0.05) is 25.1 Å². The van der Waals surface area contributed by atoms with Gasteiger partial charge in [0.15, 0.2) is 0 Å². The number of hydrogen-bond donors (Lipinski definition) is 1. The van der Waals surface area contributed by atoms with Gasteiger partial charge in [-0.05, 0) is 43.4 Å². The molecule has 1 aliphatic rings. The molecule has 1 unspecified atom stereocenters. The van der Waals surface area contributed by atoms with Crippen molar-refractivity contribution in [3.63, 3.8) is 0 Å². The minimum atomic E-state index is -2.53. The molecule has 2 rings (SSSR count). The molecule has 4 heteroatoms. The predicted molar refractivity (Wildman–Crippen MR) is 66.5 cm³/mol. The fraction of sp³-hybridized carbons (Fsp3) is 0.571. The fourth-order valence-corrected chi connectivity index (χ4v) is 2.49. The van der Waals surface area contributed by atoms with Gasteiger partial charge in [0.25, 0.3) is 0 Å². The van der Waals surface area contributed by atoms with Crippen LogP contribution in [-0.4, -0.2) is 12.5 Å². The van der Waals surface area contributed by atoms with Gasteiger partial charge < -0.3 is 5.32 Å². The standard InChI is InChI=1S/C14H18F3N/c1-10-4-5-12(15)7-13(10)18-9-11-3-2-6-14(16,17)8-11/h4-5,7,11,18H,2-3,6,8-9H2,1H3. The number of alkyl halides is 2. The van der Waals surface area contributed by atoms with E-state index in [0.717, 1.165) is 12.0 Å². The van der Waals surface area contributed by atoms with Gasteiger partial charge in [0.1, 0.15) is 5.82 Å². The van der Waals surface area contributed by atoms with Crippen molar-refractivity contribution in [1.29, 1.82) is 0 Å². The summed E-state index contributed by atoms with van der Waals surface area (Å²) >= 11 is 0. The molecule has 100 valence electrons. The zero-order valence-electron chi connectivity index (χ0n) is 10.5. The third kappa shape index (κ3) is 3.40. The van der Waals surface area contributed by atoms with Crippen LogP contribution in [0.5, 0.6) is 0 Å². The summed E-state index contributed by atoms with van der Waals surface area (Å²) in [6.07, 6.45) is 1.33. The highest BCUT2D eigenvalue weighted by molar-refractivity contribution is 5.50. The molecule has 18 heavy (non-hydrogen) atoms. The van der Waals surface area contributed by atoms with E-state index in [2.05, 4.69) is 5.32 Å². The molecule has 1 aromatic carbocycles. The van der Waals surface area contributed by atoms with Crippen LogP contribution in [0.4, 0.5) is 18.9 Å². The molecular weight excluding hydrogens is 239 g/mol. The van der Waals surface area contributed by atoms with Crippen molar-refractivity contribution >= 4 is 5.69 Å². The van der Waals surface area contributed by atoms with Gasteiger partial charge in [0.05, 0.1) is 0 Å². The lowest BCUT2D eigenvalue weighted by molar-refractivity contribution is -0.0502. The van der Waals surface area contributed by atoms with Crippen LogP contribution in [-0.2, 0) is 0 Å². The van der Waals surface area contributed by atoms with Crippen molar-refractivity contribution in [3.05, 3.63) is 29.6 Å². The monoisotopic (exact) mass is 257 g/mol. The Morgan fingerprint density at radius 1 is 1.39 bits per heavy atom. The lowest BCUT2D eigenvalue weighted by Gasteiger charge is -2.29. The SMILES string of the molecule is Cc1ccc(F)cc1NCC1CCCC(F)(F)C1. The normalized spacial score (nSPS) is 22.8. The second-order valence-electron chi connectivity index (χ2n) is 5.16. The van der Waals surface area contributed by atoms with Crippen LogP contribution >= 0.6 is 0 Å². The molecule has 0 radical (unpaired) electrons. The van der Waals surface area contributed by atoms with Gasteiger partial charge in [-0.25, -0.2) is 13.2 Å². The van der Waals surface area contributed by atoms with E-state index in [1.54, 1.807) is 6.07 Å². The van der Waals surface area contributed by atoms with Gasteiger partial charge in [-0.3, -0.25) is 0 Å². The summed E-state index contributed by atoms with van der Waals surface area (Å²) in [5.74, 6) is -2.87. The first-order valence-electron chi connectivity index (χ1n) is 6.34. The summed E-state index contributed by atoms with van der Waals surface area (Å²) in [5.41, 5.74) is 1.63. The summed E-state index contributed by atoms with van der Waals surface area (Å²) in [6, 6.07) is 4.50. The van der Waals surface area contributed by atoms with E-state index in [-0.39, 0.29) is 24.6 Å². The molecule has 0 bridgehead atoms. The first kappa shape index (κ1) is 13.2. The molecule has 0 aliphatic heterocycles. The van der Waals surface area contributed by atoms with E-state index in [4.69, 9.17) is 0 Å². The number of nitrogens with one attached hydrogen (secondary N) is 1. The zero-order valence-corrected chi connectivity index (χ0v) is 10.5. The Kier molecular flexibility index (Phi) is 3.83. The summed E-state index contributed by atoms with van der Waals surface area (Å²) in [4.78, 5) is 0. The first-order chi connectivity index (χ1) is 8.46. The number of aryl methyl sites for hydroxylation is 1. The Labute approximate surface area is 105 Å². The minimum absolute atomic E-state index is 0.00247. The topological polar surface area (TPSA) is 12.0 Å². The Hall–Kier alpha value is -1.19. The average molecular weight is 257 g/mol. The Balaban J connectivity index is 1.93. The highest BCUT2D eigenvalue weighted by Gasteiger charge is 2.35. The van der Waals surface area contributed by atoms with Crippen LogP contribution in [0, 0.1) is 18.7 Å². The summed E-state index contributed by atoms with van der Waals surface area (Å²) in [6.45, 7) is 2.36. The molecule has 1 nitrogen and oxygen atoms in total. The molecular formula is C14H18F3N. The first-order valence-corrected chi connectivity index (χ1v) is 6.34. The average Bonchev–Trinajstić information content (AvgIpc) is 2.29. The molecule has 1 aliphatic carbocycles. The smallest absolute Gasteiger partial charge is 0.248 e. The van der Waals surface area contributed by atoms with Crippen molar-refractivity contribution in [2.45, 2.75) is 38.5 Å². The van der Waals surface area contributed by atoms with Crippen LogP contribution in [0.2, 0.25) is 0 Å². The third-order valence-electron chi connectivity index (χ3n) is 3.52. The predicted octanol–water partition coefficient (Wildman–Crippen LogP) is 4.37. The number of halogens is 3. The second-order valence-corrected chi connectivity index (χ2v) is 5.16. The van der Waals surface area contributed by atoms with Crippen molar-refractivity contribution in [2.24, 2.45) is 5.92 Å². The molecule has 0 heterocycles. The zero-order chi connectivity index (χ0) is 13.2. The summed E-state index contributed by atoms with van der Waals surface area (Å²) < 4.78 is 39.5. The lowest BCUT2D eigenvalue weighted by atomic mass is 9.86. The van der Waals surface area contributed by atoms with E-state index in [9.17, 15) is 13.2 Å². The minimum Gasteiger partial charge on any atom is -0.384 e. The summed E-state index contributed by atoms with van der Waals surface area (Å²) in [5, 5.41) is 3.09. The van der Waals surface area contributed by atoms with Gasteiger partial charge in [-0.2, -0.15) is 0 Å². The van der Waals surface area contributed by atoms with Crippen LogP contribution in [0.1, 0.15) is 31.2 Å². The molecule has 0 spiro atoms. The van der Waals surface area contributed by atoms with Crippen molar-refractivity contribution in [2.75, 3.05) is 11.9 Å². The third-order valence-corrected chi connectivity index (χ3v) is 3.52. The molecule has 1 saturated carbocycles. The Morgan fingerprint density at radius 3 is 2.89 bits per heavy atom. The van der Waals surface area contributed by atoms with Crippen LogP contribution in [0.25, 0.3) is 0 Å². The van der Waals surface area contributed by atoms with Crippen LogP contribution in [0.15, 0.2) is 18.2 Å². The van der Waals surface area contributed by atoms with Crippen molar-refractivity contribution in [3.8, 4) is 0 Å².